The van der Waals surface area contributed by atoms with Gasteiger partial charge in [0.2, 0.25) is 0 Å². The van der Waals surface area contributed by atoms with Crippen LogP contribution in [0.4, 0.5) is 0 Å². The largest absolute Gasteiger partial charge is 0.378 e. The highest BCUT2D eigenvalue weighted by molar-refractivity contribution is 7.11. The van der Waals surface area contributed by atoms with Crippen molar-refractivity contribution in [2.45, 2.75) is 0 Å². The van der Waals surface area contributed by atoms with Crippen molar-refractivity contribution in [3.8, 4) is 0 Å². The molecule has 1 aromatic rings. The monoisotopic (exact) mass is 198 g/mol. The van der Waals surface area contributed by atoms with Gasteiger partial charge in [-0.2, -0.15) is 0 Å². The van der Waals surface area contributed by atoms with E-state index in [2.05, 4.69) is 4.98 Å². The zero-order chi connectivity index (χ0) is 9.10. The number of rotatable bonds is 1. The maximum Gasteiger partial charge on any atom is 0.265 e. The van der Waals surface area contributed by atoms with Crippen molar-refractivity contribution >= 4 is 17.2 Å². The molecule has 0 bridgehead atoms. The van der Waals surface area contributed by atoms with Crippen LogP contribution in [0.25, 0.3) is 0 Å². The SMILES string of the molecule is O=C(c1cncs1)N1CCOCC1. The zero-order valence-electron chi connectivity index (χ0n) is 7.10. The average molecular weight is 198 g/mol. The van der Waals surface area contributed by atoms with Gasteiger partial charge in [-0.1, -0.05) is 0 Å². The van der Waals surface area contributed by atoms with Gasteiger partial charge in [0.05, 0.1) is 24.9 Å². The van der Waals surface area contributed by atoms with E-state index in [1.807, 2.05) is 0 Å². The van der Waals surface area contributed by atoms with Gasteiger partial charge in [0, 0.05) is 13.1 Å². The van der Waals surface area contributed by atoms with E-state index in [-0.39, 0.29) is 5.91 Å². The lowest BCUT2D eigenvalue weighted by molar-refractivity contribution is 0.0306. The maximum absolute atomic E-state index is 11.7. The summed E-state index contributed by atoms with van der Waals surface area (Å²) in [6.45, 7) is 2.67. The van der Waals surface area contributed by atoms with E-state index in [9.17, 15) is 4.79 Å². The Kier molecular flexibility index (Phi) is 2.56. The Morgan fingerprint density at radius 3 is 2.92 bits per heavy atom. The van der Waals surface area contributed by atoms with Crippen LogP contribution in [0.3, 0.4) is 0 Å². The van der Waals surface area contributed by atoms with Crippen LogP contribution in [-0.4, -0.2) is 42.1 Å². The van der Waals surface area contributed by atoms with Crippen LogP contribution in [0.15, 0.2) is 11.7 Å². The fraction of sp³-hybridized carbons (Fsp3) is 0.500. The summed E-state index contributed by atoms with van der Waals surface area (Å²) in [7, 11) is 0. The number of morpholine rings is 1. The van der Waals surface area contributed by atoms with Gasteiger partial charge in [0.25, 0.3) is 5.91 Å². The Balaban J connectivity index is 2.04. The van der Waals surface area contributed by atoms with Gasteiger partial charge >= 0.3 is 0 Å². The summed E-state index contributed by atoms with van der Waals surface area (Å²) >= 11 is 1.38. The number of hydrogen-bond donors (Lipinski definition) is 0. The standard InChI is InChI=1S/C8H10N2O2S/c11-8(7-5-9-6-13-7)10-1-3-12-4-2-10/h5-6H,1-4H2. The molecule has 0 unspecified atom stereocenters. The van der Waals surface area contributed by atoms with Crippen molar-refractivity contribution in [2.24, 2.45) is 0 Å². The quantitative estimate of drug-likeness (QED) is 0.664. The fourth-order valence-electron chi connectivity index (χ4n) is 1.24. The van der Waals surface area contributed by atoms with Gasteiger partial charge in [-0.05, 0) is 0 Å². The summed E-state index contributed by atoms with van der Waals surface area (Å²) < 4.78 is 5.16. The number of ether oxygens (including phenoxy) is 1. The molecule has 2 heterocycles. The van der Waals surface area contributed by atoms with E-state index >= 15 is 0 Å². The van der Waals surface area contributed by atoms with Crippen molar-refractivity contribution in [1.29, 1.82) is 0 Å². The Morgan fingerprint density at radius 1 is 1.54 bits per heavy atom. The first-order chi connectivity index (χ1) is 6.38. The minimum absolute atomic E-state index is 0.0748. The topological polar surface area (TPSA) is 42.4 Å². The lowest BCUT2D eigenvalue weighted by Gasteiger charge is -2.26. The molecule has 0 radical (unpaired) electrons. The molecular weight excluding hydrogens is 188 g/mol. The highest BCUT2D eigenvalue weighted by Gasteiger charge is 2.19. The number of amides is 1. The number of carbonyl (C=O) groups is 1. The Bertz CT molecular complexity index is 280. The summed E-state index contributed by atoms with van der Waals surface area (Å²) in [5.74, 6) is 0.0748. The molecule has 2 rings (SSSR count). The molecule has 4 nitrogen and oxygen atoms in total. The van der Waals surface area contributed by atoms with E-state index in [4.69, 9.17) is 4.74 Å². The van der Waals surface area contributed by atoms with Crippen molar-refractivity contribution < 1.29 is 9.53 Å². The van der Waals surface area contributed by atoms with Crippen LogP contribution in [-0.2, 0) is 4.74 Å². The first kappa shape index (κ1) is 8.65. The highest BCUT2D eigenvalue weighted by Crippen LogP contribution is 2.10. The third-order valence-corrected chi connectivity index (χ3v) is 2.70. The van der Waals surface area contributed by atoms with Crippen LogP contribution in [0.2, 0.25) is 0 Å². The zero-order valence-corrected chi connectivity index (χ0v) is 7.92. The van der Waals surface area contributed by atoms with E-state index in [0.29, 0.717) is 31.2 Å². The van der Waals surface area contributed by atoms with Crippen molar-refractivity contribution in [3.05, 3.63) is 16.6 Å². The normalized spacial score (nSPS) is 17.4. The molecular formula is C8H10N2O2S. The lowest BCUT2D eigenvalue weighted by Crippen LogP contribution is -2.40. The van der Waals surface area contributed by atoms with E-state index in [1.54, 1.807) is 16.6 Å². The molecule has 0 spiro atoms. The van der Waals surface area contributed by atoms with E-state index in [0.717, 1.165) is 0 Å². The number of aromatic nitrogens is 1. The number of nitrogens with zero attached hydrogens (tertiary/aromatic N) is 2. The van der Waals surface area contributed by atoms with Gasteiger partial charge in [-0.25, -0.2) is 0 Å². The van der Waals surface area contributed by atoms with Gasteiger partial charge in [0.1, 0.15) is 4.88 Å². The fourth-order valence-corrected chi connectivity index (χ4v) is 1.83. The molecule has 1 aliphatic rings. The molecule has 5 heteroatoms. The molecule has 0 saturated carbocycles. The molecule has 13 heavy (non-hydrogen) atoms. The van der Waals surface area contributed by atoms with Crippen molar-refractivity contribution in [2.75, 3.05) is 26.3 Å². The Labute approximate surface area is 80.1 Å². The van der Waals surface area contributed by atoms with Crippen molar-refractivity contribution in [1.82, 2.24) is 9.88 Å². The molecule has 1 saturated heterocycles. The number of hydrogen-bond acceptors (Lipinski definition) is 4. The predicted octanol–water partition coefficient (Wildman–Crippen LogP) is 0.616. The van der Waals surface area contributed by atoms with Crippen LogP contribution in [0.1, 0.15) is 9.67 Å². The second kappa shape index (κ2) is 3.85. The molecule has 1 fully saturated rings. The first-order valence-corrected chi connectivity index (χ1v) is 5.01. The molecule has 0 atom stereocenters. The van der Waals surface area contributed by atoms with Gasteiger partial charge < -0.3 is 9.64 Å². The smallest absolute Gasteiger partial charge is 0.265 e. The van der Waals surface area contributed by atoms with E-state index in [1.165, 1.54) is 11.3 Å². The van der Waals surface area contributed by atoms with Crippen LogP contribution in [0, 0.1) is 0 Å². The second-order valence-electron chi connectivity index (χ2n) is 2.77. The molecule has 1 amide bonds. The molecule has 0 aromatic carbocycles. The second-order valence-corrected chi connectivity index (χ2v) is 3.66. The van der Waals surface area contributed by atoms with Crippen LogP contribution in [0.5, 0.6) is 0 Å². The Morgan fingerprint density at radius 2 is 2.31 bits per heavy atom. The molecule has 1 aromatic heterocycles. The molecule has 0 N–H and O–H groups in total. The molecule has 1 aliphatic heterocycles. The van der Waals surface area contributed by atoms with Gasteiger partial charge in [0.15, 0.2) is 0 Å². The average Bonchev–Trinajstić information content (AvgIpc) is 2.71. The first-order valence-electron chi connectivity index (χ1n) is 4.13. The van der Waals surface area contributed by atoms with Crippen molar-refractivity contribution in [3.63, 3.8) is 0 Å². The van der Waals surface area contributed by atoms with Crippen LogP contribution >= 0.6 is 11.3 Å². The summed E-state index contributed by atoms with van der Waals surface area (Å²) in [6.07, 6.45) is 1.61. The molecule has 0 aliphatic carbocycles. The highest BCUT2D eigenvalue weighted by atomic mass is 32.1. The van der Waals surface area contributed by atoms with Gasteiger partial charge in [-0.15, -0.1) is 11.3 Å². The summed E-state index contributed by atoms with van der Waals surface area (Å²) in [6, 6.07) is 0. The predicted molar refractivity (Wildman–Crippen MR) is 48.8 cm³/mol. The lowest BCUT2D eigenvalue weighted by atomic mass is 10.4. The van der Waals surface area contributed by atoms with Gasteiger partial charge in [-0.3, -0.25) is 9.78 Å². The minimum Gasteiger partial charge on any atom is -0.378 e. The number of carbonyl (C=O) groups excluding carboxylic acids is 1. The summed E-state index contributed by atoms with van der Waals surface area (Å²) in [5.41, 5.74) is 1.67. The summed E-state index contributed by atoms with van der Waals surface area (Å²) in [4.78, 5) is 18.1. The molecule has 70 valence electrons. The number of thiazole rings is 1. The Hall–Kier alpha value is -0.940. The van der Waals surface area contributed by atoms with E-state index < -0.39 is 0 Å². The summed E-state index contributed by atoms with van der Waals surface area (Å²) in [5, 5.41) is 0. The minimum atomic E-state index is 0.0748. The van der Waals surface area contributed by atoms with Crippen LogP contribution < -0.4 is 0 Å². The third-order valence-electron chi connectivity index (χ3n) is 1.94. The maximum atomic E-state index is 11.7. The third kappa shape index (κ3) is 1.87.